The van der Waals surface area contributed by atoms with E-state index >= 15 is 0 Å². The van der Waals surface area contributed by atoms with E-state index in [2.05, 4.69) is 15.1 Å². The molecular weight excluding hydrogens is 343 g/mol. The van der Waals surface area contributed by atoms with Crippen LogP contribution in [-0.4, -0.2) is 42.9 Å². The summed E-state index contributed by atoms with van der Waals surface area (Å²) in [6, 6.07) is 7.57. The molecule has 0 radical (unpaired) electrons. The molecule has 9 heteroatoms. The lowest BCUT2D eigenvalue weighted by molar-refractivity contribution is 0.0499. The fourth-order valence-corrected chi connectivity index (χ4v) is 2.09. The SMILES string of the molecule is COc1cc(OC)nc(C(=O)ON=C[C@@](C)(CN)c2ccccc2F)n1. The number of oxime groups is 1. The first kappa shape index (κ1) is 19.3. The minimum absolute atomic E-state index is 0.0540. The number of ether oxygens (including phenoxy) is 2. The van der Waals surface area contributed by atoms with Gasteiger partial charge in [0.15, 0.2) is 0 Å². The average molecular weight is 362 g/mol. The first-order valence-corrected chi connectivity index (χ1v) is 7.61. The zero-order valence-corrected chi connectivity index (χ0v) is 14.6. The topological polar surface area (TPSA) is 109 Å². The van der Waals surface area contributed by atoms with Gasteiger partial charge in [0.1, 0.15) is 5.82 Å². The Kier molecular flexibility index (Phi) is 6.18. The molecule has 0 saturated carbocycles. The lowest BCUT2D eigenvalue weighted by Crippen LogP contribution is -2.34. The van der Waals surface area contributed by atoms with Gasteiger partial charge in [-0.05, 0) is 13.0 Å². The highest BCUT2D eigenvalue weighted by Crippen LogP contribution is 2.23. The van der Waals surface area contributed by atoms with E-state index < -0.39 is 17.2 Å². The number of aromatic nitrogens is 2. The third-order valence-corrected chi connectivity index (χ3v) is 3.67. The van der Waals surface area contributed by atoms with Crippen molar-refractivity contribution in [3.63, 3.8) is 0 Å². The molecular formula is C17H19FN4O4. The number of carbonyl (C=O) groups is 1. The molecule has 2 aromatic rings. The van der Waals surface area contributed by atoms with Crippen LogP contribution in [0.2, 0.25) is 0 Å². The highest BCUT2D eigenvalue weighted by Gasteiger charge is 2.27. The Hall–Kier alpha value is -3.07. The van der Waals surface area contributed by atoms with Gasteiger partial charge in [-0.3, -0.25) is 0 Å². The zero-order valence-electron chi connectivity index (χ0n) is 14.6. The fraction of sp³-hybridized carbons (Fsp3) is 0.294. The van der Waals surface area contributed by atoms with Crippen LogP contribution in [-0.2, 0) is 10.3 Å². The molecule has 1 aromatic heterocycles. The van der Waals surface area contributed by atoms with Crippen molar-refractivity contribution in [3.05, 3.63) is 47.5 Å². The van der Waals surface area contributed by atoms with Crippen molar-refractivity contribution < 1.29 is 23.5 Å². The summed E-state index contributed by atoms with van der Waals surface area (Å²) < 4.78 is 23.9. The molecule has 0 unspecified atom stereocenters. The van der Waals surface area contributed by atoms with Gasteiger partial charge in [0.25, 0.3) is 0 Å². The lowest BCUT2D eigenvalue weighted by atomic mass is 9.83. The molecule has 1 aromatic carbocycles. The summed E-state index contributed by atoms with van der Waals surface area (Å²) in [5.74, 6) is -1.39. The standard InChI is InChI=1S/C17H19FN4O4/c1-17(9-19,11-6-4-5-7-12(11)18)10-20-26-16(23)15-21-13(24-2)8-14(22-15)25-3/h4-8,10H,9,19H2,1-3H3/t17-/m1/s1. The molecule has 0 saturated heterocycles. The van der Waals surface area contributed by atoms with E-state index in [-0.39, 0.29) is 24.1 Å². The monoisotopic (exact) mass is 362 g/mol. The number of nitrogens with two attached hydrogens (primary N) is 1. The van der Waals surface area contributed by atoms with Crippen molar-refractivity contribution in [2.45, 2.75) is 12.3 Å². The highest BCUT2D eigenvalue weighted by molar-refractivity contribution is 5.86. The maximum absolute atomic E-state index is 14.0. The van der Waals surface area contributed by atoms with E-state index in [9.17, 15) is 9.18 Å². The molecule has 26 heavy (non-hydrogen) atoms. The Morgan fingerprint density at radius 1 is 1.27 bits per heavy atom. The number of carbonyl (C=O) groups excluding carboxylic acids is 1. The van der Waals surface area contributed by atoms with E-state index in [0.29, 0.717) is 5.56 Å². The normalized spacial score (nSPS) is 13.3. The Bertz CT molecular complexity index is 793. The van der Waals surface area contributed by atoms with E-state index in [0.717, 1.165) is 0 Å². The number of nitrogens with zero attached hydrogens (tertiary/aromatic N) is 3. The van der Waals surface area contributed by atoms with Crippen LogP contribution in [0.15, 0.2) is 35.5 Å². The second-order valence-electron chi connectivity index (χ2n) is 5.49. The smallest absolute Gasteiger partial charge is 0.402 e. The predicted octanol–water partition coefficient (Wildman–Crippen LogP) is 1.69. The van der Waals surface area contributed by atoms with Gasteiger partial charge in [0.2, 0.25) is 17.6 Å². The molecule has 2 rings (SSSR count). The van der Waals surface area contributed by atoms with Gasteiger partial charge in [0, 0.05) is 17.5 Å². The summed E-state index contributed by atoms with van der Waals surface area (Å²) in [5.41, 5.74) is 5.13. The Balaban J connectivity index is 2.18. The van der Waals surface area contributed by atoms with Gasteiger partial charge in [-0.1, -0.05) is 23.4 Å². The predicted molar refractivity (Wildman–Crippen MR) is 91.8 cm³/mol. The molecule has 138 valence electrons. The van der Waals surface area contributed by atoms with Crippen LogP contribution in [0.4, 0.5) is 4.39 Å². The third kappa shape index (κ3) is 4.31. The Labute approximate surface area is 149 Å². The van der Waals surface area contributed by atoms with Gasteiger partial charge in [-0.25, -0.2) is 9.18 Å². The number of methoxy groups -OCH3 is 2. The summed E-state index contributed by atoms with van der Waals surface area (Å²) in [5, 5.41) is 3.64. The second kappa shape index (κ2) is 8.34. The number of hydrogen-bond acceptors (Lipinski definition) is 8. The first-order chi connectivity index (χ1) is 12.4. The number of rotatable bonds is 7. The maximum Gasteiger partial charge on any atom is 0.402 e. The largest absolute Gasteiger partial charge is 0.481 e. The lowest BCUT2D eigenvalue weighted by Gasteiger charge is -2.23. The number of benzene rings is 1. The number of hydrogen-bond donors (Lipinski definition) is 1. The van der Waals surface area contributed by atoms with Crippen LogP contribution < -0.4 is 15.2 Å². The summed E-state index contributed by atoms with van der Waals surface area (Å²) in [4.78, 5) is 24.6. The van der Waals surface area contributed by atoms with Crippen molar-refractivity contribution in [1.82, 2.24) is 9.97 Å². The maximum atomic E-state index is 14.0. The summed E-state index contributed by atoms with van der Waals surface area (Å²) in [6.45, 7) is 1.73. The molecule has 0 bridgehead atoms. The molecule has 0 fully saturated rings. The van der Waals surface area contributed by atoms with E-state index in [1.54, 1.807) is 25.1 Å². The van der Waals surface area contributed by atoms with Crippen molar-refractivity contribution >= 4 is 12.2 Å². The average Bonchev–Trinajstić information content (AvgIpc) is 2.67. The van der Waals surface area contributed by atoms with Gasteiger partial charge >= 0.3 is 5.97 Å². The minimum Gasteiger partial charge on any atom is -0.481 e. The van der Waals surface area contributed by atoms with Crippen LogP contribution >= 0.6 is 0 Å². The van der Waals surface area contributed by atoms with Crippen molar-refractivity contribution in [1.29, 1.82) is 0 Å². The van der Waals surface area contributed by atoms with Crippen molar-refractivity contribution in [2.24, 2.45) is 10.9 Å². The molecule has 2 N–H and O–H groups in total. The van der Waals surface area contributed by atoms with Gasteiger partial charge < -0.3 is 20.0 Å². The van der Waals surface area contributed by atoms with Crippen LogP contribution in [0.1, 0.15) is 23.1 Å². The van der Waals surface area contributed by atoms with Gasteiger partial charge in [-0.15, -0.1) is 0 Å². The molecule has 1 heterocycles. The molecule has 1 atom stereocenters. The molecule has 0 aliphatic rings. The molecule has 8 nitrogen and oxygen atoms in total. The van der Waals surface area contributed by atoms with Crippen molar-refractivity contribution in [3.8, 4) is 11.8 Å². The molecule has 0 aliphatic carbocycles. The molecule has 0 amide bonds. The van der Waals surface area contributed by atoms with E-state index in [4.69, 9.17) is 20.0 Å². The summed E-state index contributed by atoms with van der Waals surface area (Å²) in [6.07, 6.45) is 1.26. The highest BCUT2D eigenvalue weighted by atomic mass is 19.1. The van der Waals surface area contributed by atoms with Gasteiger partial charge in [0.05, 0.1) is 26.5 Å². The Morgan fingerprint density at radius 3 is 2.42 bits per heavy atom. The van der Waals surface area contributed by atoms with Gasteiger partial charge in [-0.2, -0.15) is 9.97 Å². The first-order valence-electron chi connectivity index (χ1n) is 7.61. The summed E-state index contributed by atoms with van der Waals surface area (Å²) >= 11 is 0. The summed E-state index contributed by atoms with van der Waals surface area (Å²) in [7, 11) is 2.77. The quantitative estimate of drug-likeness (QED) is 0.453. The van der Waals surface area contributed by atoms with E-state index in [1.165, 1.54) is 32.6 Å². The fourth-order valence-electron chi connectivity index (χ4n) is 2.09. The van der Waals surface area contributed by atoms with E-state index in [1.807, 2.05) is 0 Å². The Morgan fingerprint density at radius 2 is 1.88 bits per heavy atom. The minimum atomic E-state index is -0.960. The van der Waals surface area contributed by atoms with Crippen LogP contribution in [0.5, 0.6) is 11.8 Å². The zero-order chi connectivity index (χ0) is 19.2. The molecule has 0 spiro atoms. The van der Waals surface area contributed by atoms with Crippen LogP contribution in [0.25, 0.3) is 0 Å². The number of halogens is 1. The third-order valence-electron chi connectivity index (χ3n) is 3.67. The molecule has 0 aliphatic heterocycles. The second-order valence-corrected chi connectivity index (χ2v) is 5.49. The van der Waals surface area contributed by atoms with Crippen LogP contribution in [0.3, 0.4) is 0 Å². The van der Waals surface area contributed by atoms with Crippen LogP contribution in [0, 0.1) is 5.82 Å². The van der Waals surface area contributed by atoms with Crippen molar-refractivity contribution in [2.75, 3.05) is 20.8 Å².